The summed E-state index contributed by atoms with van der Waals surface area (Å²) < 4.78 is 32.6. The Morgan fingerprint density at radius 1 is 0.672 bits per heavy atom. The lowest BCUT2D eigenvalue weighted by Crippen LogP contribution is -2.18. The summed E-state index contributed by atoms with van der Waals surface area (Å²) in [6.07, 6.45) is 16.7. The summed E-state index contributed by atoms with van der Waals surface area (Å²) in [6, 6.07) is 0. The zero-order valence-electron chi connectivity index (χ0n) is 31.9. The van der Waals surface area contributed by atoms with Crippen LogP contribution < -0.4 is 15.0 Å². The molecule has 19 heteroatoms. The highest BCUT2D eigenvalue weighted by atomic mass is 35.5. The second kappa shape index (κ2) is 21.3. The third-order valence-electron chi connectivity index (χ3n) is 10.3. The second-order valence-corrected chi connectivity index (χ2v) is 14.3. The van der Waals surface area contributed by atoms with E-state index in [-0.39, 0.29) is 37.9 Å². The molecule has 9 heterocycles. The van der Waals surface area contributed by atoms with Gasteiger partial charge in [0, 0.05) is 81.7 Å². The number of aromatic nitrogens is 9. The number of alkyl halides is 2. The monoisotopic (exact) mass is 863 g/mol. The van der Waals surface area contributed by atoms with Crippen molar-refractivity contribution in [3.05, 3.63) is 82.1 Å². The Hall–Kier alpha value is -4.03. The first kappa shape index (κ1) is 45.1. The summed E-state index contributed by atoms with van der Waals surface area (Å²) in [7, 11) is 3.19. The Labute approximate surface area is 352 Å². The van der Waals surface area contributed by atoms with Crippen LogP contribution in [0.25, 0.3) is 16.6 Å². The first-order valence-electron chi connectivity index (χ1n) is 18.8. The normalized spacial score (nSPS) is 16.5. The summed E-state index contributed by atoms with van der Waals surface area (Å²) in [6.45, 7) is 4.53. The Morgan fingerprint density at radius 2 is 1.07 bits per heavy atom. The summed E-state index contributed by atoms with van der Waals surface area (Å²) >= 11 is 11.7. The fraction of sp³-hybridized carbons (Fsp3) is 0.538. The molecule has 0 aromatic carbocycles. The van der Waals surface area contributed by atoms with Crippen molar-refractivity contribution < 1.29 is 28.8 Å². The third kappa shape index (κ3) is 9.87. The Kier molecular flexibility index (Phi) is 16.5. The number of methoxy groups -OCH3 is 2. The standard InChI is InChI=1S/C13H16ClN3O2.C13H17N3O3.C12H14ClN3O2.CH4.ClH/c1-18-13-11-7-15-12(9-2-4-19-5-3-9)17(11)8-10(6-14)16-13;1-18-13-11-6-14-12(9-2-4-19-5-3-9)16(11)7-10(8-17)15-13;13-5-9-7-16-10(12(17)15-9)6-14-11(16)8-1-3-18-4-2-8;;/h7-9H,2-6H2,1H3;6-7,9,17H,2-5,8H2,1H3;6-8H,1-5H2,(H,15,17);1H4;1H. The van der Waals surface area contributed by atoms with Gasteiger partial charge in [0.2, 0.25) is 11.8 Å². The molecule has 0 radical (unpaired) electrons. The fourth-order valence-electron chi connectivity index (χ4n) is 7.43. The number of rotatable bonds is 8. The van der Waals surface area contributed by atoms with Gasteiger partial charge < -0.3 is 33.8 Å². The lowest BCUT2D eigenvalue weighted by atomic mass is 10.00. The van der Waals surface area contributed by atoms with E-state index in [2.05, 4.69) is 34.3 Å². The number of nitrogens with one attached hydrogen (secondary N) is 1. The first-order chi connectivity index (χ1) is 27.5. The number of H-pyrrole nitrogens is 1. The van der Waals surface area contributed by atoms with E-state index in [0.717, 1.165) is 112 Å². The lowest BCUT2D eigenvalue weighted by molar-refractivity contribution is 0.0834. The molecular formula is C39H52Cl3N9O7. The topological polar surface area (TPSA) is 177 Å². The van der Waals surface area contributed by atoms with Gasteiger partial charge in [-0.25, -0.2) is 24.9 Å². The van der Waals surface area contributed by atoms with Crippen molar-refractivity contribution in [2.75, 3.05) is 53.9 Å². The van der Waals surface area contributed by atoms with Crippen molar-refractivity contribution in [2.24, 2.45) is 0 Å². The molecule has 0 spiro atoms. The van der Waals surface area contributed by atoms with E-state index in [4.69, 9.17) is 46.9 Å². The van der Waals surface area contributed by atoms with Crippen LogP contribution in [0.5, 0.6) is 11.8 Å². The minimum atomic E-state index is -0.140. The van der Waals surface area contributed by atoms with Gasteiger partial charge in [-0.3, -0.25) is 18.0 Å². The summed E-state index contributed by atoms with van der Waals surface area (Å²) in [5.74, 6) is 5.85. The number of hydrogen-bond donors (Lipinski definition) is 2. The van der Waals surface area contributed by atoms with Crippen molar-refractivity contribution in [2.45, 2.75) is 82.1 Å². The smallest absolute Gasteiger partial charge is 0.274 e. The molecule has 3 saturated heterocycles. The lowest BCUT2D eigenvalue weighted by Gasteiger charge is -2.21. The maximum absolute atomic E-state index is 11.9. The fourth-order valence-corrected chi connectivity index (χ4v) is 7.69. The molecule has 6 aromatic heterocycles. The van der Waals surface area contributed by atoms with Crippen LogP contribution in [0.2, 0.25) is 0 Å². The summed E-state index contributed by atoms with van der Waals surface area (Å²) in [5, 5.41) is 9.28. The number of ether oxygens (including phenoxy) is 5. The van der Waals surface area contributed by atoms with Crippen molar-refractivity contribution in [3.63, 3.8) is 0 Å². The molecule has 58 heavy (non-hydrogen) atoms. The molecule has 0 saturated carbocycles. The number of hydrogen-bond acceptors (Lipinski definition) is 12. The van der Waals surface area contributed by atoms with E-state index in [1.807, 2.05) is 33.6 Å². The summed E-state index contributed by atoms with van der Waals surface area (Å²) in [5.41, 5.74) is 4.23. The second-order valence-electron chi connectivity index (χ2n) is 13.8. The highest BCUT2D eigenvalue weighted by Gasteiger charge is 2.24. The molecule has 6 aromatic rings. The number of aromatic amines is 1. The van der Waals surface area contributed by atoms with E-state index >= 15 is 0 Å². The Bertz CT molecular complexity index is 2170. The predicted molar refractivity (Wildman–Crippen MR) is 222 cm³/mol. The van der Waals surface area contributed by atoms with E-state index in [0.29, 0.717) is 52.3 Å². The molecule has 0 atom stereocenters. The molecule has 0 bridgehead atoms. The number of fused-ring (bicyclic) bond motifs is 3. The average molecular weight is 865 g/mol. The van der Waals surface area contributed by atoms with Crippen molar-refractivity contribution in [1.82, 2.24) is 43.1 Å². The van der Waals surface area contributed by atoms with Crippen LogP contribution in [-0.4, -0.2) is 102 Å². The summed E-state index contributed by atoms with van der Waals surface area (Å²) in [4.78, 5) is 36.6. The number of aliphatic hydroxyl groups is 1. The number of nitrogens with zero attached hydrogens (tertiary/aromatic N) is 8. The Morgan fingerprint density at radius 3 is 1.47 bits per heavy atom. The predicted octanol–water partition coefficient (Wildman–Crippen LogP) is 6.21. The van der Waals surface area contributed by atoms with E-state index in [1.54, 1.807) is 26.6 Å². The van der Waals surface area contributed by atoms with Crippen LogP contribution in [0.15, 0.2) is 42.0 Å². The van der Waals surface area contributed by atoms with Crippen LogP contribution in [0.1, 0.15) is 98.3 Å². The largest absolute Gasteiger partial charge is 0.479 e. The highest BCUT2D eigenvalue weighted by Crippen LogP contribution is 2.31. The molecule has 3 fully saturated rings. The van der Waals surface area contributed by atoms with Crippen LogP contribution in [0.4, 0.5) is 0 Å². The molecular weight excluding hydrogens is 813 g/mol. The number of aliphatic hydroxyl groups excluding tert-OH is 1. The quantitative estimate of drug-likeness (QED) is 0.166. The molecule has 0 amide bonds. The van der Waals surface area contributed by atoms with Crippen LogP contribution >= 0.6 is 35.6 Å². The molecule has 2 N–H and O–H groups in total. The molecule has 0 unspecified atom stereocenters. The third-order valence-corrected chi connectivity index (χ3v) is 10.9. The molecule has 3 aliphatic heterocycles. The molecule has 9 rings (SSSR count). The minimum absolute atomic E-state index is 0. The molecule has 0 aliphatic carbocycles. The van der Waals surface area contributed by atoms with Crippen LogP contribution in [0, 0.1) is 0 Å². The maximum atomic E-state index is 11.9. The number of halogens is 3. The van der Waals surface area contributed by atoms with Crippen LogP contribution in [0.3, 0.4) is 0 Å². The zero-order valence-corrected chi connectivity index (χ0v) is 34.3. The molecule has 316 valence electrons. The van der Waals surface area contributed by atoms with E-state index in [9.17, 15) is 9.90 Å². The zero-order chi connectivity index (χ0) is 39.0. The van der Waals surface area contributed by atoms with Crippen molar-refractivity contribution in [1.29, 1.82) is 0 Å². The van der Waals surface area contributed by atoms with Crippen LogP contribution in [-0.2, 0) is 32.6 Å². The van der Waals surface area contributed by atoms with E-state index in [1.165, 1.54) is 0 Å². The van der Waals surface area contributed by atoms with Crippen molar-refractivity contribution in [3.8, 4) is 11.8 Å². The average Bonchev–Trinajstić information content (AvgIpc) is 4.02. The van der Waals surface area contributed by atoms with Gasteiger partial charge in [0.1, 0.15) is 34.0 Å². The first-order valence-corrected chi connectivity index (χ1v) is 19.9. The number of imidazole rings is 3. The molecule has 16 nitrogen and oxygen atoms in total. The van der Waals surface area contributed by atoms with Gasteiger partial charge in [-0.15, -0.1) is 35.6 Å². The van der Waals surface area contributed by atoms with Gasteiger partial charge in [0.15, 0.2) is 0 Å². The highest BCUT2D eigenvalue weighted by molar-refractivity contribution is 6.17. The van der Waals surface area contributed by atoms with Gasteiger partial charge in [-0.05, 0) is 38.5 Å². The van der Waals surface area contributed by atoms with Gasteiger partial charge in [0.05, 0.1) is 62.6 Å². The minimum Gasteiger partial charge on any atom is -0.479 e. The van der Waals surface area contributed by atoms with E-state index < -0.39 is 0 Å². The van der Waals surface area contributed by atoms with Gasteiger partial charge >= 0.3 is 0 Å². The van der Waals surface area contributed by atoms with Gasteiger partial charge in [-0.1, -0.05) is 7.43 Å². The van der Waals surface area contributed by atoms with Gasteiger partial charge in [-0.2, -0.15) is 0 Å². The van der Waals surface area contributed by atoms with Gasteiger partial charge in [0.25, 0.3) is 5.56 Å². The maximum Gasteiger partial charge on any atom is 0.274 e. The van der Waals surface area contributed by atoms with Crippen molar-refractivity contribution >= 4 is 52.2 Å². The Balaban J connectivity index is 0.000000163. The SMILES string of the molecule is C.COc1nc(CCl)cn2c(C3CCOCC3)ncc12.COc1nc(CO)cn2c(C3CCOCC3)ncc12.Cl.O=c1[nH]c(CCl)cn2c(C3CCOCC3)ncc12. The molecule has 3 aliphatic rings.